The first-order chi connectivity index (χ1) is 8.66. The lowest BCUT2D eigenvalue weighted by Crippen LogP contribution is -2.40. The van der Waals surface area contributed by atoms with E-state index in [0.717, 1.165) is 25.1 Å². The van der Waals surface area contributed by atoms with Crippen LogP contribution in [-0.4, -0.2) is 33.9 Å². The first-order valence-corrected chi connectivity index (χ1v) is 6.55. The molecule has 3 heterocycles. The highest BCUT2D eigenvalue weighted by Gasteiger charge is 2.27. The SMILES string of the molecule is Cc1nccn2c(C3CC(N)CCN3C)ccc12. The van der Waals surface area contributed by atoms with Crippen molar-refractivity contribution in [3.8, 4) is 0 Å². The number of hydrogen-bond acceptors (Lipinski definition) is 3. The van der Waals surface area contributed by atoms with Gasteiger partial charge >= 0.3 is 0 Å². The molecule has 0 aliphatic carbocycles. The molecule has 2 N–H and O–H groups in total. The number of aromatic nitrogens is 2. The van der Waals surface area contributed by atoms with Crippen molar-refractivity contribution in [3.05, 3.63) is 35.9 Å². The van der Waals surface area contributed by atoms with Gasteiger partial charge in [0.15, 0.2) is 0 Å². The van der Waals surface area contributed by atoms with Gasteiger partial charge < -0.3 is 10.1 Å². The van der Waals surface area contributed by atoms with E-state index in [1.165, 1.54) is 11.2 Å². The topological polar surface area (TPSA) is 46.6 Å². The summed E-state index contributed by atoms with van der Waals surface area (Å²) in [6, 6.07) is 5.10. The van der Waals surface area contributed by atoms with Gasteiger partial charge in [0.05, 0.1) is 17.3 Å². The second kappa shape index (κ2) is 4.37. The average molecular weight is 244 g/mol. The Balaban J connectivity index is 2.06. The Kier molecular flexibility index (Phi) is 2.84. The summed E-state index contributed by atoms with van der Waals surface area (Å²) in [5, 5.41) is 0. The molecule has 1 aliphatic rings. The van der Waals surface area contributed by atoms with Gasteiger partial charge in [-0.05, 0) is 45.5 Å². The highest BCUT2D eigenvalue weighted by molar-refractivity contribution is 5.53. The maximum atomic E-state index is 6.12. The second-order valence-corrected chi connectivity index (χ2v) is 5.31. The third-order valence-electron chi connectivity index (χ3n) is 4.06. The highest BCUT2D eigenvalue weighted by Crippen LogP contribution is 2.30. The van der Waals surface area contributed by atoms with Crippen molar-refractivity contribution < 1.29 is 0 Å². The van der Waals surface area contributed by atoms with Crippen LogP contribution in [-0.2, 0) is 0 Å². The number of rotatable bonds is 1. The third-order valence-corrected chi connectivity index (χ3v) is 4.06. The van der Waals surface area contributed by atoms with E-state index < -0.39 is 0 Å². The van der Waals surface area contributed by atoms with Crippen LogP contribution in [0.25, 0.3) is 5.52 Å². The molecule has 2 aromatic rings. The fraction of sp³-hybridized carbons (Fsp3) is 0.500. The van der Waals surface area contributed by atoms with Gasteiger partial charge in [-0.15, -0.1) is 0 Å². The van der Waals surface area contributed by atoms with Crippen molar-refractivity contribution in [2.45, 2.75) is 31.8 Å². The van der Waals surface area contributed by atoms with Gasteiger partial charge in [-0.1, -0.05) is 0 Å². The molecule has 2 unspecified atom stereocenters. The molecule has 0 aromatic carbocycles. The maximum absolute atomic E-state index is 6.12. The molecule has 4 nitrogen and oxygen atoms in total. The van der Waals surface area contributed by atoms with E-state index >= 15 is 0 Å². The van der Waals surface area contributed by atoms with E-state index in [1.54, 1.807) is 0 Å². The first kappa shape index (κ1) is 11.7. The van der Waals surface area contributed by atoms with Crippen LogP contribution in [0.15, 0.2) is 24.5 Å². The molecule has 2 aromatic heterocycles. The largest absolute Gasteiger partial charge is 0.328 e. The van der Waals surface area contributed by atoms with Gasteiger partial charge in [-0.25, -0.2) is 0 Å². The summed E-state index contributed by atoms with van der Waals surface area (Å²) in [5.74, 6) is 0. The number of aryl methyl sites for hydroxylation is 1. The Morgan fingerprint density at radius 2 is 2.22 bits per heavy atom. The molecule has 0 saturated carbocycles. The minimum atomic E-state index is 0.319. The van der Waals surface area contributed by atoms with Gasteiger partial charge in [0.2, 0.25) is 0 Å². The molecule has 2 atom stereocenters. The zero-order valence-corrected chi connectivity index (χ0v) is 11.0. The first-order valence-electron chi connectivity index (χ1n) is 6.55. The zero-order chi connectivity index (χ0) is 12.7. The smallest absolute Gasteiger partial charge is 0.0666 e. The van der Waals surface area contributed by atoms with Gasteiger partial charge in [0, 0.05) is 24.1 Å². The van der Waals surface area contributed by atoms with Crippen LogP contribution in [0.5, 0.6) is 0 Å². The summed E-state index contributed by atoms with van der Waals surface area (Å²) in [4.78, 5) is 6.74. The summed E-state index contributed by atoms with van der Waals surface area (Å²) in [6.45, 7) is 3.12. The molecule has 0 bridgehead atoms. The summed E-state index contributed by atoms with van der Waals surface area (Å²) >= 11 is 0. The van der Waals surface area contributed by atoms with Crippen LogP contribution in [0.1, 0.15) is 30.3 Å². The van der Waals surface area contributed by atoms with Gasteiger partial charge in [-0.2, -0.15) is 0 Å². The van der Waals surface area contributed by atoms with Crippen molar-refractivity contribution in [3.63, 3.8) is 0 Å². The summed E-state index contributed by atoms with van der Waals surface area (Å²) in [7, 11) is 2.18. The van der Waals surface area contributed by atoms with Crippen LogP contribution in [0.2, 0.25) is 0 Å². The molecule has 3 rings (SSSR count). The van der Waals surface area contributed by atoms with Crippen LogP contribution in [0, 0.1) is 6.92 Å². The maximum Gasteiger partial charge on any atom is 0.0666 e. The summed E-state index contributed by atoms with van der Waals surface area (Å²) < 4.78 is 2.25. The molecule has 1 aliphatic heterocycles. The van der Waals surface area contributed by atoms with Crippen LogP contribution < -0.4 is 5.73 Å². The van der Waals surface area contributed by atoms with E-state index in [2.05, 4.69) is 40.4 Å². The quantitative estimate of drug-likeness (QED) is 0.831. The van der Waals surface area contributed by atoms with E-state index in [1.807, 2.05) is 12.4 Å². The zero-order valence-electron chi connectivity index (χ0n) is 11.0. The minimum Gasteiger partial charge on any atom is -0.328 e. The Bertz CT molecular complexity index is 560. The normalized spacial score (nSPS) is 25.7. The summed E-state index contributed by atoms with van der Waals surface area (Å²) in [5.41, 5.74) is 9.72. The van der Waals surface area contributed by atoms with Gasteiger partial charge in [0.25, 0.3) is 0 Å². The molecule has 1 saturated heterocycles. The monoisotopic (exact) mass is 244 g/mol. The Hall–Kier alpha value is -1.39. The number of fused-ring (bicyclic) bond motifs is 1. The molecule has 1 fully saturated rings. The molecule has 0 amide bonds. The van der Waals surface area contributed by atoms with Crippen molar-refractivity contribution in [2.24, 2.45) is 5.73 Å². The number of piperidine rings is 1. The third kappa shape index (κ3) is 1.82. The van der Waals surface area contributed by atoms with E-state index in [4.69, 9.17) is 5.73 Å². The molecular formula is C14H20N4. The van der Waals surface area contributed by atoms with E-state index in [0.29, 0.717) is 12.1 Å². The van der Waals surface area contributed by atoms with Crippen LogP contribution >= 0.6 is 0 Å². The van der Waals surface area contributed by atoms with Crippen molar-refractivity contribution in [2.75, 3.05) is 13.6 Å². The molecule has 0 radical (unpaired) electrons. The second-order valence-electron chi connectivity index (χ2n) is 5.31. The lowest BCUT2D eigenvalue weighted by molar-refractivity contribution is 0.167. The van der Waals surface area contributed by atoms with E-state index in [9.17, 15) is 0 Å². The van der Waals surface area contributed by atoms with Gasteiger partial charge in [-0.3, -0.25) is 9.88 Å². The van der Waals surface area contributed by atoms with Crippen molar-refractivity contribution in [1.82, 2.24) is 14.3 Å². The predicted molar refractivity (Wildman–Crippen MR) is 72.5 cm³/mol. The number of hydrogen-bond donors (Lipinski definition) is 1. The minimum absolute atomic E-state index is 0.319. The van der Waals surface area contributed by atoms with Gasteiger partial charge in [0.1, 0.15) is 0 Å². The Morgan fingerprint density at radius 1 is 1.39 bits per heavy atom. The molecule has 96 valence electrons. The average Bonchev–Trinajstić information content (AvgIpc) is 2.77. The van der Waals surface area contributed by atoms with E-state index in [-0.39, 0.29) is 0 Å². The standard InChI is InChI=1S/C14H20N4/c1-10-12-3-4-13(18(12)8-6-16-10)14-9-11(15)5-7-17(14)2/h3-4,6,8,11,14H,5,7,9,15H2,1-2H3. The lowest BCUT2D eigenvalue weighted by Gasteiger charge is -2.35. The number of nitrogens with zero attached hydrogens (tertiary/aromatic N) is 3. The number of nitrogens with two attached hydrogens (primary N) is 1. The summed E-state index contributed by atoms with van der Waals surface area (Å²) in [6.07, 6.45) is 6.04. The number of likely N-dealkylation sites (tertiary alicyclic amines) is 1. The van der Waals surface area contributed by atoms with Crippen molar-refractivity contribution in [1.29, 1.82) is 0 Å². The fourth-order valence-corrected chi connectivity index (χ4v) is 2.93. The lowest BCUT2D eigenvalue weighted by atomic mass is 9.96. The molecular weight excluding hydrogens is 224 g/mol. The molecule has 0 spiro atoms. The fourth-order valence-electron chi connectivity index (χ4n) is 2.93. The van der Waals surface area contributed by atoms with Crippen LogP contribution in [0.3, 0.4) is 0 Å². The molecule has 4 heteroatoms. The predicted octanol–water partition coefficient (Wildman–Crippen LogP) is 1.74. The Morgan fingerprint density at radius 3 is 3.06 bits per heavy atom. The van der Waals surface area contributed by atoms with Crippen LogP contribution in [0.4, 0.5) is 0 Å². The Labute approximate surface area is 107 Å². The highest BCUT2D eigenvalue weighted by atomic mass is 15.2. The van der Waals surface area contributed by atoms with Crippen molar-refractivity contribution >= 4 is 5.52 Å². The molecule has 18 heavy (non-hydrogen) atoms.